The lowest BCUT2D eigenvalue weighted by Gasteiger charge is -2.07. The number of rotatable bonds is 6. The minimum Gasteiger partial charge on any atom is -0.352 e. The molecular formula is C23H21ClN4O2S. The fourth-order valence-electron chi connectivity index (χ4n) is 3.31. The second-order valence-electron chi connectivity index (χ2n) is 7.06. The first-order valence-electron chi connectivity index (χ1n) is 9.86. The number of benzene rings is 2. The molecule has 0 aliphatic heterocycles. The molecule has 0 aliphatic rings. The van der Waals surface area contributed by atoms with Crippen molar-refractivity contribution in [2.24, 2.45) is 0 Å². The molecule has 31 heavy (non-hydrogen) atoms. The molecule has 6 nitrogen and oxygen atoms in total. The number of thiophene rings is 1. The molecule has 0 saturated carbocycles. The number of anilines is 1. The van der Waals surface area contributed by atoms with Crippen molar-refractivity contribution in [1.29, 1.82) is 0 Å². The summed E-state index contributed by atoms with van der Waals surface area (Å²) in [5.74, 6) is -0.395. The molecule has 158 valence electrons. The molecule has 2 aromatic carbocycles. The summed E-state index contributed by atoms with van der Waals surface area (Å²) in [5, 5.41) is 11.9. The van der Waals surface area contributed by atoms with Crippen LogP contribution in [0.25, 0.3) is 10.2 Å². The highest BCUT2D eigenvalue weighted by atomic mass is 35.5. The van der Waals surface area contributed by atoms with E-state index in [4.69, 9.17) is 11.6 Å². The van der Waals surface area contributed by atoms with E-state index < -0.39 is 0 Å². The van der Waals surface area contributed by atoms with Gasteiger partial charge in [0.15, 0.2) is 0 Å². The highest BCUT2D eigenvalue weighted by molar-refractivity contribution is 7.20. The number of hydrogen-bond donors (Lipinski definition) is 2. The summed E-state index contributed by atoms with van der Waals surface area (Å²) in [5.41, 5.74) is 2.90. The standard InChI is InChI=1S/C23H21ClN4O2S/c1-3-25-21(29)15-8-6-9-17(11-15)26-22(30)20-12-18-14(2)27-28(23(18)31-20)13-16-7-4-5-10-19(16)24/h4-12H,3,13H2,1-2H3,(H,25,29)(H,26,30). The zero-order valence-corrected chi connectivity index (χ0v) is 18.7. The number of amides is 2. The molecule has 0 bridgehead atoms. The van der Waals surface area contributed by atoms with Gasteiger partial charge in [-0.1, -0.05) is 35.9 Å². The Labute approximate surface area is 188 Å². The molecule has 8 heteroatoms. The smallest absolute Gasteiger partial charge is 0.265 e. The van der Waals surface area contributed by atoms with Crippen molar-refractivity contribution in [2.45, 2.75) is 20.4 Å². The van der Waals surface area contributed by atoms with E-state index in [1.54, 1.807) is 24.3 Å². The van der Waals surface area contributed by atoms with Crippen LogP contribution in [0, 0.1) is 6.92 Å². The topological polar surface area (TPSA) is 76.0 Å². The molecule has 0 fully saturated rings. The van der Waals surface area contributed by atoms with Crippen LogP contribution in [-0.4, -0.2) is 28.1 Å². The number of nitrogens with zero attached hydrogens (tertiary/aromatic N) is 2. The molecule has 0 atom stereocenters. The van der Waals surface area contributed by atoms with E-state index in [0.29, 0.717) is 34.2 Å². The third-order valence-corrected chi connectivity index (χ3v) is 6.35. The second-order valence-corrected chi connectivity index (χ2v) is 8.50. The average Bonchev–Trinajstić information content (AvgIpc) is 3.31. The second kappa shape index (κ2) is 8.91. The minimum absolute atomic E-state index is 0.171. The van der Waals surface area contributed by atoms with E-state index in [-0.39, 0.29) is 11.8 Å². The van der Waals surface area contributed by atoms with Crippen LogP contribution >= 0.6 is 22.9 Å². The van der Waals surface area contributed by atoms with Crippen LogP contribution in [-0.2, 0) is 6.54 Å². The number of nitrogens with one attached hydrogen (secondary N) is 2. The monoisotopic (exact) mass is 452 g/mol. The first-order valence-corrected chi connectivity index (χ1v) is 11.1. The number of carbonyl (C=O) groups excluding carboxylic acids is 2. The van der Waals surface area contributed by atoms with Crippen molar-refractivity contribution in [3.05, 3.63) is 81.3 Å². The average molecular weight is 453 g/mol. The Morgan fingerprint density at radius 3 is 2.68 bits per heavy atom. The zero-order valence-electron chi connectivity index (χ0n) is 17.1. The van der Waals surface area contributed by atoms with Crippen LogP contribution in [0.1, 0.15) is 38.2 Å². The van der Waals surface area contributed by atoms with Crippen molar-refractivity contribution in [3.8, 4) is 0 Å². The molecule has 0 aliphatic carbocycles. The summed E-state index contributed by atoms with van der Waals surface area (Å²) in [7, 11) is 0. The summed E-state index contributed by atoms with van der Waals surface area (Å²) in [6.07, 6.45) is 0. The molecule has 2 aromatic heterocycles. The summed E-state index contributed by atoms with van der Waals surface area (Å²) < 4.78 is 1.88. The number of fused-ring (bicyclic) bond motifs is 1. The molecule has 0 spiro atoms. The number of aromatic nitrogens is 2. The fourth-order valence-corrected chi connectivity index (χ4v) is 4.56. The van der Waals surface area contributed by atoms with E-state index in [1.165, 1.54) is 11.3 Å². The van der Waals surface area contributed by atoms with Gasteiger partial charge < -0.3 is 10.6 Å². The predicted octanol–water partition coefficient (Wildman–Crippen LogP) is 5.11. The Balaban J connectivity index is 1.58. The van der Waals surface area contributed by atoms with Gasteiger partial charge >= 0.3 is 0 Å². The van der Waals surface area contributed by atoms with Crippen molar-refractivity contribution >= 4 is 50.7 Å². The highest BCUT2D eigenvalue weighted by Gasteiger charge is 2.17. The Morgan fingerprint density at radius 2 is 1.90 bits per heavy atom. The summed E-state index contributed by atoms with van der Waals surface area (Å²) in [6.45, 7) is 4.86. The third-order valence-electron chi connectivity index (χ3n) is 4.83. The largest absolute Gasteiger partial charge is 0.352 e. The predicted molar refractivity (Wildman–Crippen MR) is 125 cm³/mol. The van der Waals surface area contributed by atoms with Crippen LogP contribution in [0.5, 0.6) is 0 Å². The summed E-state index contributed by atoms with van der Waals surface area (Å²) in [4.78, 5) is 26.4. The lowest BCUT2D eigenvalue weighted by atomic mass is 10.2. The van der Waals surface area contributed by atoms with E-state index in [2.05, 4.69) is 15.7 Å². The molecule has 0 unspecified atom stereocenters. The van der Waals surface area contributed by atoms with E-state index >= 15 is 0 Å². The van der Waals surface area contributed by atoms with Crippen LogP contribution in [0.15, 0.2) is 54.6 Å². The Bertz CT molecular complexity index is 1280. The molecule has 4 rings (SSSR count). The zero-order chi connectivity index (χ0) is 22.0. The normalized spacial score (nSPS) is 10.9. The van der Waals surface area contributed by atoms with Gasteiger partial charge in [0.2, 0.25) is 0 Å². The molecule has 0 saturated heterocycles. The maximum atomic E-state index is 12.9. The molecule has 4 aromatic rings. The van der Waals surface area contributed by atoms with Gasteiger partial charge in [-0.05, 0) is 49.7 Å². The minimum atomic E-state index is -0.224. The van der Waals surface area contributed by atoms with Gasteiger partial charge in [0.1, 0.15) is 4.83 Å². The molecule has 2 amide bonds. The molecule has 0 radical (unpaired) electrons. The molecular weight excluding hydrogens is 432 g/mol. The quantitative estimate of drug-likeness (QED) is 0.426. The number of halogens is 1. The van der Waals surface area contributed by atoms with Gasteiger partial charge in [-0.3, -0.25) is 14.3 Å². The van der Waals surface area contributed by atoms with Crippen LogP contribution in [0.4, 0.5) is 5.69 Å². The number of aryl methyl sites for hydroxylation is 1. The van der Waals surface area contributed by atoms with Gasteiger partial charge in [0.05, 0.1) is 17.1 Å². The summed E-state index contributed by atoms with van der Waals surface area (Å²) >= 11 is 7.68. The van der Waals surface area contributed by atoms with E-state index in [9.17, 15) is 9.59 Å². The van der Waals surface area contributed by atoms with Gasteiger partial charge in [-0.2, -0.15) is 5.10 Å². The van der Waals surface area contributed by atoms with Gasteiger partial charge in [0.25, 0.3) is 11.8 Å². The highest BCUT2D eigenvalue weighted by Crippen LogP contribution is 2.30. The summed E-state index contributed by atoms with van der Waals surface area (Å²) in [6, 6.07) is 16.4. The Hall–Kier alpha value is -3.16. The SMILES string of the molecule is CCNC(=O)c1cccc(NC(=O)c2cc3c(C)nn(Cc4ccccc4Cl)c3s2)c1. The molecule has 2 N–H and O–H groups in total. The first kappa shape index (κ1) is 21.1. The third kappa shape index (κ3) is 4.47. The lowest BCUT2D eigenvalue weighted by Crippen LogP contribution is -2.22. The fraction of sp³-hybridized carbons (Fsp3) is 0.174. The molecule has 2 heterocycles. The lowest BCUT2D eigenvalue weighted by molar-refractivity contribution is 0.0954. The van der Waals surface area contributed by atoms with E-state index in [0.717, 1.165) is 21.5 Å². The van der Waals surface area contributed by atoms with Crippen LogP contribution < -0.4 is 10.6 Å². The maximum absolute atomic E-state index is 12.9. The van der Waals surface area contributed by atoms with Gasteiger partial charge in [-0.15, -0.1) is 11.3 Å². The van der Waals surface area contributed by atoms with Crippen molar-refractivity contribution < 1.29 is 9.59 Å². The number of carbonyl (C=O) groups is 2. The van der Waals surface area contributed by atoms with Crippen molar-refractivity contribution in [2.75, 3.05) is 11.9 Å². The van der Waals surface area contributed by atoms with Crippen LogP contribution in [0.3, 0.4) is 0 Å². The Morgan fingerprint density at radius 1 is 1.10 bits per heavy atom. The Kier molecular flexibility index (Phi) is 6.06. The number of hydrogen-bond acceptors (Lipinski definition) is 4. The van der Waals surface area contributed by atoms with Gasteiger partial charge in [0, 0.05) is 28.2 Å². The maximum Gasteiger partial charge on any atom is 0.265 e. The van der Waals surface area contributed by atoms with Crippen LogP contribution in [0.2, 0.25) is 5.02 Å². The van der Waals surface area contributed by atoms with Crippen molar-refractivity contribution in [3.63, 3.8) is 0 Å². The van der Waals surface area contributed by atoms with Crippen molar-refractivity contribution in [1.82, 2.24) is 15.1 Å². The van der Waals surface area contributed by atoms with E-state index in [1.807, 2.05) is 48.9 Å². The first-order chi connectivity index (χ1) is 15.0. The van der Waals surface area contributed by atoms with Gasteiger partial charge in [-0.25, -0.2) is 0 Å².